The smallest absolute Gasteiger partial charge is 0.253 e. The van der Waals surface area contributed by atoms with Gasteiger partial charge in [-0.2, -0.15) is 0 Å². The van der Waals surface area contributed by atoms with E-state index in [1.165, 1.54) is 5.56 Å². The number of ether oxygens (including phenoxy) is 3. The van der Waals surface area contributed by atoms with Crippen LogP contribution < -0.4 is 19.5 Å². The predicted octanol–water partition coefficient (Wildman–Crippen LogP) is 4.98. The molecule has 0 bridgehead atoms. The molecule has 0 radical (unpaired) electrons. The van der Waals surface area contributed by atoms with Crippen LogP contribution in [0.25, 0.3) is 17.3 Å². The van der Waals surface area contributed by atoms with Crippen molar-refractivity contribution in [3.8, 4) is 28.5 Å². The fourth-order valence-corrected chi connectivity index (χ4v) is 5.93. The summed E-state index contributed by atoms with van der Waals surface area (Å²) in [7, 11) is 4.67. The Hall–Kier alpha value is -4.20. The minimum Gasteiger partial charge on any atom is -0.493 e. The number of fused-ring (bicyclic) bond motifs is 1. The number of hydrogen-bond donors (Lipinski definition) is 2. The molecule has 3 aromatic rings. The first-order chi connectivity index (χ1) is 18.9. The predicted molar refractivity (Wildman–Crippen MR) is 150 cm³/mol. The Bertz CT molecular complexity index is 1370. The number of rotatable bonds is 8. The Morgan fingerprint density at radius 2 is 1.74 bits per heavy atom. The summed E-state index contributed by atoms with van der Waals surface area (Å²) in [4.78, 5) is 31.8. The van der Waals surface area contributed by atoms with Crippen molar-refractivity contribution in [2.24, 2.45) is 0 Å². The zero-order valence-corrected chi connectivity index (χ0v) is 22.9. The van der Waals surface area contributed by atoms with E-state index in [2.05, 4.69) is 22.4 Å². The van der Waals surface area contributed by atoms with Crippen LogP contribution in [0.15, 0.2) is 54.7 Å². The minimum atomic E-state index is -0.408. The summed E-state index contributed by atoms with van der Waals surface area (Å²) in [5, 5.41) is 3.32. The Labute approximate surface area is 229 Å². The van der Waals surface area contributed by atoms with Crippen LogP contribution in [-0.4, -0.2) is 61.2 Å². The third kappa shape index (κ3) is 5.11. The molecule has 2 amide bonds. The topological polar surface area (TPSA) is 92.9 Å². The average molecular weight is 530 g/mol. The van der Waals surface area contributed by atoms with Crippen LogP contribution in [-0.2, 0) is 4.79 Å². The van der Waals surface area contributed by atoms with Crippen LogP contribution in [0.4, 0.5) is 0 Å². The Kier molecular flexibility index (Phi) is 7.37. The highest BCUT2D eigenvalue weighted by atomic mass is 16.5. The van der Waals surface area contributed by atoms with E-state index in [0.717, 1.165) is 42.5 Å². The molecule has 1 saturated carbocycles. The van der Waals surface area contributed by atoms with Crippen molar-refractivity contribution in [1.29, 1.82) is 0 Å². The molecule has 2 aromatic carbocycles. The Morgan fingerprint density at radius 3 is 2.41 bits per heavy atom. The molecule has 2 atom stereocenters. The summed E-state index contributed by atoms with van der Waals surface area (Å²) < 4.78 is 16.2. The highest BCUT2D eigenvalue weighted by molar-refractivity contribution is 5.96. The van der Waals surface area contributed by atoms with Crippen LogP contribution in [0.2, 0.25) is 0 Å². The van der Waals surface area contributed by atoms with Gasteiger partial charge in [-0.1, -0.05) is 29.8 Å². The molecule has 39 heavy (non-hydrogen) atoms. The number of aromatic amines is 1. The van der Waals surface area contributed by atoms with Gasteiger partial charge in [-0.05, 0) is 68.0 Å². The molecule has 8 nitrogen and oxygen atoms in total. The Balaban J connectivity index is 1.29. The van der Waals surface area contributed by atoms with Gasteiger partial charge in [-0.15, -0.1) is 0 Å². The van der Waals surface area contributed by atoms with Crippen molar-refractivity contribution in [3.05, 3.63) is 71.4 Å². The number of likely N-dealkylation sites (tertiary alicyclic amines) is 1. The van der Waals surface area contributed by atoms with Crippen molar-refractivity contribution >= 4 is 17.9 Å². The van der Waals surface area contributed by atoms with E-state index < -0.39 is 5.54 Å². The average Bonchev–Trinajstić information content (AvgIpc) is 3.67. The first-order valence-electron chi connectivity index (χ1n) is 13.2. The summed E-state index contributed by atoms with van der Waals surface area (Å²) in [6, 6.07) is 13.7. The van der Waals surface area contributed by atoms with Gasteiger partial charge in [0.2, 0.25) is 11.7 Å². The van der Waals surface area contributed by atoms with E-state index in [9.17, 15) is 9.59 Å². The largest absolute Gasteiger partial charge is 0.493 e. The lowest BCUT2D eigenvalue weighted by Gasteiger charge is -2.33. The third-order valence-electron chi connectivity index (χ3n) is 7.97. The molecular weight excluding hydrogens is 494 g/mol. The van der Waals surface area contributed by atoms with Gasteiger partial charge < -0.3 is 29.4 Å². The number of nitrogens with one attached hydrogen (secondary N) is 2. The number of aromatic nitrogens is 1. The molecule has 8 heteroatoms. The maximum atomic E-state index is 13.3. The zero-order chi connectivity index (χ0) is 27.6. The highest BCUT2D eigenvalue weighted by Crippen LogP contribution is 2.42. The van der Waals surface area contributed by atoms with E-state index in [-0.39, 0.29) is 17.9 Å². The molecule has 204 valence electrons. The Morgan fingerprint density at radius 1 is 1.03 bits per heavy atom. The van der Waals surface area contributed by atoms with E-state index in [4.69, 9.17) is 14.2 Å². The lowest BCUT2D eigenvalue weighted by Crippen LogP contribution is -2.54. The van der Waals surface area contributed by atoms with Crippen molar-refractivity contribution in [1.82, 2.24) is 15.2 Å². The van der Waals surface area contributed by atoms with Gasteiger partial charge in [0, 0.05) is 24.5 Å². The van der Waals surface area contributed by atoms with E-state index in [0.29, 0.717) is 29.4 Å². The third-order valence-corrected chi connectivity index (χ3v) is 7.97. The zero-order valence-electron chi connectivity index (χ0n) is 22.9. The second-order valence-corrected chi connectivity index (χ2v) is 10.3. The molecule has 1 aromatic heterocycles. The number of carbonyl (C=O) groups excluding carboxylic acids is 2. The second kappa shape index (κ2) is 10.9. The van der Waals surface area contributed by atoms with Crippen molar-refractivity contribution in [2.45, 2.75) is 44.2 Å². The number of hydrogen-bond acceptors (Lipinski definition) is 5. The summed E-state index contributed by atoms with van der Waals surface area (Å²) in [5.41, 5.74) is 4.08. The van der Waals surface area contributed by atoms with Gasteiger partial charge >= 0.3 is 0 Å². The minimum absolute atomic E-state index is 0.0333. The van der Waals surface area contributed by atoms with Gasteiger partial charge in [0.15, 0.2) is 11.5 Å². The van der Waals surface area contributed by atoms with Crippen molar-refractivity contribution in [3.63, 3.8) is 0 Å². The van der Waals surface area contributed by atoms with Crippen LogP contribution >= 0.6 is 0 Å². The maximum Gasteiger partial charge on any atom is 0.253 e. The summed E-state index contributed by atoms with van der Waals surface area (Å²) >= 11 is 0. The van der Waals surface area contributed by atoms with Gasteiger partial charge in [0.1, 0.15) is 0 Å². The molecule has 0 unspecified atom stereocenters. The summed E-state index contributed by atoms with van der Waals surface area (Å²) in [6.45, 7) is 2.65. The maximum absolute atomic E-state index is 13.3. The van der Waals surface area contributed by atoms with Crippen LogP contribution in [0.3, 0.4) is 0 Å². The molecular formula is C31H35N3O5. The quantitative estimate of drug-likeness (QED) is 0.402. The van der Waals surface area contributed by atoms with Gasteiger partial charge in [0.05, 0.1) is 38.5 Å². The van der Waals surface area contributed by atoms with Crippen LogP contribution in [0.5, 0.6) is 17.2 Å². The molecule has 1 aliphatic carbocycles. The van der Waals surface area contributed by atoms with Gasteiger partial charge in [0.25, 0.3) is 5.91 Å². The van der Waals surface area contributed by atoms with Gasteiger partial charge in [-0.3, -0.25) is 9.59 Å². The number of nitrogens with zero attached hydrogens (tertiary/aromatic N) is 1. The second-order valence-electron chi connectivity index (χ2n) is 10.3. The number of carbonyl (C=O) groups is 2. The van der Waals surface area contributed by atoms with Crippen molar-refractivity contribution in [2.75, 3.05) is 27.9 Å². The lowest BCUT2D eigenvalue weighted by molar-refractivity contribution is -0.127. The first-order valence-corrected chi connectivity index (χ1v) is 13.2. The molecule has 0 spiro atoms. The fraction of sp³-hybridized carbons (Fsp3) is 0.355. The SMILES string of the molecule is COc1cc(/C=C/C(=O)N2CC[C@]3(NC(=O)c4c[nH]c(-c5ccc(C)cc5)c4)CCC[C@H]23)cc(OC)c1OC. The molecule has 1 aliphatic heterocycles. The molecule has 2 aliphatic rings. The molecule has 1 saturated heterocycles. The highest BCUT2D eigenvalue weighted by Gasteiger charge is 2.52. The number of H-pyrrole nitrogens is 1. The van der Waals surface area contributed by atoms with E-state index in [1.807, 2.05) is 30.0 Å². The summed E-state index contributed by atoms with van der Waals surface area (Å²) in [5.74, 6) is 1.37. The van der Waals surface area contributed by atoms with Crippen molar-refractivity contribution < 1.29 is 23.8 Å². The normalized spacial score (nSPS) is 20.2. The van der Waals surface area contributed by atoms with E-state index in [1.54, 1.807) is 51.8 Å². The first kappa shape index (κ1) is 26.4. The van der Waals surface area contributed by atoms with Crippen LogP contribution in [0, 0.1) is 6.92 Å². The fourth-order valence-electron chi connectivity index (χ4n) is 5.93. The molecule has 2 N–H and O–H groups in total. The molecule has 2 heterocycles. The summed E-state index contributed by atoms with van der Waals surface area (Å²) in [6.07, 6.45) is 8.52. The van der Waals surface area contributed by atoms with Gasteiger partial charge in [-0.25, -0.2) is 0 Å². The van der Waals surface area contributed by atoms with Crippen LogP contribution in [0.1, 0.15) is 47.2 Å². The molecule has 5 rings (SSSR count). The lowest BCUT2D eigenvalue weighted by atomic mass is 9.92. The monoisotopic (exact) mass is 529 g/mol. The van der Waals surface area contributed by atoms with E-state index >= 15 is 0 Å². The standard InChI is InChI=1S/C31H35N3O5/c1-20-7-10-22(11-8-20)24-18-23(19-32-24)30(36)33-31-13-5-6-27(31)34(15-14-31)28(35)12-9-21-16-25(37-2)29(39-4)26(17-21)38-3/h7-12,16-19,27,32H,5-6,13-15H2,1-4H3,(H,33,36)/b12-9+/t27-,31+/m0/s1. The number of amides is 2. The number of benzene rings is 2. The number of aryl methyl sites for hydroxylation is 1. The molecule has 2 fully saturated rings. The number of methoxy groups -OCH3 is 3.